The van der Waals surface area contributed by atoms with Crippen molar-refractivity contribution in [2.45, 2.75) is 238 Å². The molecule has 1 N–H and O–H groups in total. The van der Waals surface area contributed by atoms with Crippen molar-refractivity contribution in [1.82, 2.24) is 0 Å². The van der Waals surface area contributed by atoms with Crippen LogP contribution in [0.15, 0.2) is 48.6 Å². The summed E-state index contributed by atoms with van der Waals surface area (Å²) in [4.78, 5) is 12.2. The summed E-state index contributed by atoms with van der Waals surface area (Å²) in [6, 6.07) is 0. The Morgan fingerprint density at radius 1 is 0.472 bits per heavy atom. The molecule has 0 saturated carbocycles. The van der Waals surface area contributed by atoms with Crippen LogP contribution >= 0.6 is 0 Å². The van der Waals surface area contributed by atoms with E-state index in [9.17, 15) is 9.90 Å². The highest BCUT2D eigenvalue weighted by Crippen LogP contribution is 2.16. The lowest BCUT2D eigenvalue weighted by molar-refractivity contribution is -0.154. The minimum absolute atomic E-state index is 0.183. The Balaban J connectivity index is 3.41. The fourth-order valence-corrected chi connectivity index (χ4v) is 6.73. The van der Waals surface area contributed by atoms with Gasteiger partial charge in [0.15, 0.2) is 0 Å². The molecular formula is C49H90O4. The Kier molecular flexibility index (Phi) is 45.1. The number of allylic oxidation sites excluding steroid dienone is 8. The second-order valence-electron chi connectivity index (χ2n) is 15.5. The maximum Gasteiger partial charge on any atom is 0.306 e. The normalized spacial score (nSPS) is 12.7. The van der Waals surface area contributed by atoms with Gasteiger partial charge in [-0.3, -0.25) is 4.79 Å². The summed E-state index contributed by atoms with van der Waals surface area (Å²) < 4.78 is 11.1. The average molecular weight is 743 g/mol. The van der Waals surface area contributed by atoms with Gasteiger partial charge in [0.2, 0.25) is 0 Å². The molecule has 0 fully saturated rings. The number of unbranched alkanes of at least 4 members (excludes halogenated alkanes) is 27. The summed E-state index contributed by atoms with van der Waals surface area (Å²) >= 11 is 0. The molecule has 0 bridgehead atoms. The molecule has 0 aromatic carbocycles. The number of hydrogen-bond acceptors (Lipinski definition) is 4. The molecule has 0 heterocycles. The molecule has 0 radical (unpaired) electrons. The molecule has 0 amide bonds. The van der Waals surface area contributed by atoms with E-state index >= 15 is 0 Å². The third-order valence-corrected chi connectivity index (χ3v) is 10.2. The number of aliphatic hydroxyl groups is 1. The maximum atomic E-state index is 12.2. The molecular weight excluding hydrogens is 653 g/mol. The third kappa shape index (κ3) is 44.6. The van der Waals surface area contributed by atoms with Gasteiger partial charge < -0.3 is 14.6 Å². The molecule has 0 saturated heterocycles. The van der Waals surface area contributed by atoms with E-state index < -0.39 is 6.10 Å². The number of carbonyl (C=O) groups excluding carboxylic acids is 1. The molecule has 4 nitrogen and oxygen atoms in total. The highest BCUT2D eigenvalue weighted by molar-refractivity contribution is 5.69. The quantitative estimate of drug-likeness (QED) is 0.0384. The minimum atomic E-state index is -0.550. The Labute approximate surface area is 331 Å². The smallest absolute Gasteiger partial charge is 0.306 e. The first-order valence-corrected chi connectivity index (χ1v) is 23.2. The van der Waals surface area contributed by atoms with Crippen molar-refractivity contribution in [3.05, 3.63) is 48.6 Å². The fraction of sp³-hybridized carbons (Fsp3) is 0.816. The van der Waals surface area contributed by atoms with Crippen LogP contribution in [0.2, 0.25) is 0 Å². The molecule has 0 aliphatic heterocycles. The number of esters is 1. The Morgan fingerprint density at radius 3 is 1.26 bits per heavy atom. The van der Waals surface area contributed by atoms with E-state index in [1.807, 2.05) is 0 Å². The zero-order valence-electron chi connectivity index (χ0n) is 35.5. The fourth-order valence-electron chi connectivity index (χ4n) is 6.73. The van der Waals surface area contributed by atoms with Crippen LogP contribution in [0.3, 0.4) is 0 Å². The number of aliphatic hydroxyl groups excluding tert-OH is 1. The monoisotopic (exact) mass is 743 g/mol. The predicted octanol–water partition coefficient (Wildman–Crippen LogP) is 15.4. The lowest BCUT2D eigenvalue weighted by atomic mass is 10.0. The van der Waals surface area contributed by atoms with Crippen LogP contribution < -0.4 is 0 Å². The summed E-state index contributed by atoms with van der Waals surface area (Å²) in [6.45, 7) is 5.19. The summed E-state index contributed by atoms with van der Waals surface area (Å²) in [5, 5.41) is 9.61. The van der Waals surface area contributed by atoms with E-state index in [2.05, 4.69) is 62.5 Å². The van der Waals surface area contributed by atoms with Gasteiger partial charge in [-0.2, -0.15) is 0 Å². The largest absolute Gasteiger partial charge is 0.457 e. The number of carbonyl (C=O) groups is 1. The van der Waals surface area contributed by atoms with E-state index in [-0.39, 0.29) is 19.2 Å². The first-order valence-electron chi connectivity index (χ1n) is 23.2. The molecule has 0 aromatic heterocycles. The molecule has 1 atom stereocenters. The van der Waals surface area contributed by atoms with Crippen LogP contribution in [-0.4, -0.2) is 37.0 Å². The van der Waals surface area contributed by atoms with Crippen molar-refractivity contribution in [1.29, 1.82) is 0 Å². The third-order valence-electron chi connectivity index (χ3n) is 10.2. The van der Waals surface area contributed by atoms with E-state index in [1.165, 1.54) is 148 Å². The molecule has 0 aliphatic carbocycles. The van der Waals surface area contributed by atoms with Crippen molar-refractivity contribution < 1.29 is 19.4 Å². The molecule has 1 unspecified atom stereocenters. The van der Waals surface area contributed by atoms with Gasteiger partial charge in [-0.05, 0) is 51.4 Å². The van der Waals surface area contributed by atoms with E-state index in [0.29, 0.717) is 13.0 Å². The molecule has 310 valence electrons. The molecule has 0 rings (SSSR count). The summed E-state index contributed by atoms with van der Waals surface area (Å²) in [7, 11) is 0. The van der Waals surface area contributed by atoms with Gasteiger partial charge in [-0.1, -0.05) is 223 Å². The van der Waals surface area contributed by atoms with Crippen LogP contribution in [0.5, 0.6) is 0 Å². The highest BCUT2D eigenvalue weighted by Gasteiger charge is 2.13. The molecule has 0 aliphatic rings. The molecule has 0 aromatic rings. The Morgan fingerprint density at radius 2 is 0.849 bits per heavy atom. The van der Waals surface area contributed by atoms with Gasteiger partial charge in [0.05, 0.1) is 13.2 Å². The van der Waals surface area contributed by atoms with Gasteiger partial charge in [0, 0.05) is 13.0 Å². The minimum Gasteiger partial charge on any atom is -0.457 e. The Hall–Kier alpha value is -1.65. The highest BCUT2D eigenvalue weighted by atomic mass is 16.6. The topological polar surface area (TPSA) is 55.8 Å². The van der Waals surface area contributed by atoms with Gasteiger partial charge in [-0.15, -0.1) is 0 Å². The SMILES string of the molecule is CC/C=C\C/C=C\C/C=C\C/C=C\CCCCCOCC(CO)OC(=O)CCCCCCCCCCCCCCCCCCCCCCCCCCC. The number of rotatable bonds is 43. The van der Waals surface area contributed by atoms with Gasteiger partial charge >= 0.3 is 5.97 Å². The summed E-state index contributed by atoms with van der Waals surface area (Å²) in [5.74, 6) is -0.209. The van der Waals surface area contributed by atoms with Gasteiger partial charge in [0.1, 0.15) is 6.10 Å². The van der Waals surface area contributed by atoms with Crippen molar-refractivity contribution in [3.8, 4) is 0 Å². The first kappa shape index (κ1) is 51.4. The van der Waals surface area contributed by atoms with E-state index in [0.717, 1.165) is 64.2 Å². The van der Waals surface area contributed by atoms with Crippen molar-refractivity contribution in [2.75, 3.05) is 19.8 Å². The molecule has 53 heavy (non-hydrogen) atoms. The van der Waals surface area contributed by atoms with Crippen molar-refractivity contribution in [2.24, 2.45) is 0 Å². The van der Waals surface area contributed by atoms with Crippen LogP contribution in [-0.2, 0) is 14.3 Å². The summed E-state index contributed by atoms with van der Waals surface area (Å²) in [5.41, 5.74) is 0. The van der Waals surface area contributed by atoms with Gasteiger partial charge in [-0.25, -0.2) is 0 Å². The second kappa shape index (κ2) is 46.5. The molecule has 0 spiro atoms. The lowest BCUT2D eigenvalue weighted by Gasteiger charge is -2.15. The van der Waals surface area contributed by atoms with Crippen LogP contribution in [0.1, 0.15) is 232 Å². The van der Waals surface area contributed by atoms with Crippen LogP contribution in [0.25, 0.3) is 0 Å². The number of ether oxygens (including phenoxy) is 2. The predicted molar refractivity (Wildman–Crippen MR) is 233 cm³/mol. The maximum absolute atomic E-state index is 12.2. The van der Waals surface area contributed by atoms with Crippen molar-refractivity contribution >= 4 is 5.97 Å². The van der Waals surface area contributed by atoms with E-state index in [1.54, 1.807) is 0 Å². The van der Waals surface area contributed by atoms with Crippen molar-refractivity contribution in [3.63, 3.8) is 0 Å². The lowest BCUT2D eigenvalue weighted by Crippen LogP contribution is -2.27. The zero-order chi connectivity index (χ0) is 38.4. The van der Waals surface area contributed by atoms with Gasteiger partial charge in [0.25, 0.3) is 0 Å². The first-order chi connectivity index (χ1) is 26.2. The Bertz CT molecular complexity index is 828. The number of hydrogen-bond donors (Lipinski definition) is 1. The second-order valence-corrected chi connectivity index (χ2v) is 15.5. The zero-order valence-corrected chi connectivity index (χ0v) is 35.5. The van der Waals surface area contributed by atoms with Crippen LogP contribution in [0, 0.1) is 0 Å². The standard InChI is InChI=1S/C49H90O4/c1-3-5-7-9-11-13-15-17-19-21-22-23-24-25-26-27-28-29-30-32-34-36-38-40-42-44-49(51)53-48(46-50)47-52-45-43-41-39-37-35-33-31-20-18-16-14-12-10-8-6-4-2/h6,8,12,14,18,20,33,35,48,50H,3-5,7,9-11,13,15-17,19,21-32,34,36-47H2,1-2H3/b8-6-,14-12-,20-18-,35-33-. The summed E-state index contributed by atoms with van der Waals surface area (Å²) in [6.07, 6.45) is 60.5. The average Bonchev–Trinajstić information content (AvgIpc) is 3.16. The van der Waals surface area contributed by atoms with Crippen LogP contribution in [0.4, 0.5) is 0 Å². The van der Waals surface area contributed by atoms with E-state index in [4.69, 9.17) is 9.47 Å². The molecule has 4 heteroatoms.